The molecule has 0 aliphatic rings. The van der Waals surface area contributed by atoms with Crippen molar-refractivity contribution in [1.82, 2.24) is 15.5 Å². The van der Waals surface area contributed by atoms with Crippen LogP contribution in [0.1, 0.15) is 28.0 Å². The molecule has 0 saturated heterocycles. The number of H-pyrrole nitrogens is 1. The van der Waals surface area contributed by atoms with E-state index in [1.165, 1.54) is 24.3 Å². The number of aliphatic carboxylic acids is 1. The number of aromatic nitrogens is 2. The highest BCUT2D eigenvalue weighted by atomic mass is 19.4. The maximum Gasteiger partial charge on any atom is 0.417 e. The molecule has 0 bridgehead atoms. The number of nitrogens with zero attached hydrogens (tertiary/aromatic N) is 1. The first kappa shape index (κ1) is 26.6. The first-order valence-electron chi connectivity index (χ1n) is 11.7. The number of hydrogen-bond acceptors (Lipinski definition) is 4. The first-order chi connectivity index (χ1) is 18.1. The summed E-state index contributed by atoms with van der Waals surface area (Å²) in [5, 5.41) is 28.1. The van der Waals surface area contributed by atoms with E-state index in [9.17, 15) is 27.9 Å². The largest absolute Gasteiger partial charge is 0.479 e. The standard InChI is InChI=1S/C28H24F3N3O4/c29-28(30,31)22-9-5-4-8-21(22)23-16-24(34-33-23)26(36)32-20(15-25(35)27(37)38)14-17-10-12-19(13-11-17)18-6-2-1-3-7-18/h1-13,16,20,25,35H,14-15H2,(H,32,36)(H,33,34)(H,37,38). The van der Waals surface area contributed by atoms with Crippen molar-refractivity contribution in [2.24, 2.45) is 0 Å². The van der Waals surface area contributed by atoms with Gasteiger partial charge in [0.2, 0.25) is 0 Å². The number of carbonyl (C=O) groups excluding carboxylic acids is 1. The van der Waals surface area contributed by atoms with Crippen molar-refractivity contribution in [3.05, 3.63) is 102 Å². The Kier molecular flexibility index (Phi) is 7.92. The molecule has 0 spiro atoms. The smallest absolute Gasteiger partial charge is 0.417 e. The van der Waals surface area contributed by atoms with Gasteiger partial charge in [-0.25, -0.2) is 4.79 Å². The van der Waals surface area contributed by atoms with Gasteiger partial charge < -0.3 is 15.5 Å². The van der Waals surface area contributed by atoms with E-state index in [0.717, 1.165) is 22.8 Å². The molecule has 4 rings (SSSR count). The van der Waals surface area contributed by atoms with E-state index >= 15 is 0 Å². The average Bonchev–Trinajstić information content (AvgIpc) is 3.39. The van der Waals surface area contributed by atoms with E-state index in [0.29, 0.717) is 0 Å². The highest BCUT2D eigenvalue weighted by Gasteiger charge is 2.34. The van der Waals surface area contributed by atoms with E-state index in [-0.39, 0.29) is 29.8 Å². The van der Waals surface area contributed by atoms with Crippen LogP contribution in [0.4, 0.5) is 13.2 Å². The van der Waals surface area contributed by atoms with Gasteiger partial charge in [-0.2, -0.15) is 18.3 Å². The highest BCUT2D eigenvalue weighted by molar-refractivity contribution is 5.93. The Morgan fingerprint density at radius 3 is 2.21 bits per heavy atom. The number of carboxylic acids is 1. The second-order valence-electron chi connectivity index (χ2n) is 8.74. The van der Waals surface area contributed by atoms with Crippen molar-refractivity contribution < 1.29 is 33.0 Å². The summed E-state index contributed by atoms with van der Waals surface area (Å²) in [7, 11) is 0. The molecule has 2 unspecified atom stereocenters. The average molecular weight is 524 g/mol. The van der Waals surface area contributed by atoms with Crippen molar-refractivity contribution in [1.29, 1.82) is 0 Å². The Bertz CT molecular complexity index is 1400. The molecule has 7 nitrogen and oxygen atoms in total. The number of aromatic amines is 1. The lowest BCUT2D eigenvalue weighted by Gasteiger charge is -2.20. The summed E-state index contributed by atoms with van der Waals surface area (Å²) in [6.45, 7) is 0. The molecule has 0 saturated carbocycles. The second-order valence-corrected chi connectivity index (χ2v) is 8.74. The molecule has 4 aromatic rings. The summed E-state index contributed by atoms with van der Waals surface area (Å²) >= 11 is 0. The van der Waals surface area contributed by atoms with Gasteiger partial charge in [0.1, 0.15) is 5.69 Å². The van der Waals surface area contributed by atoms with Gasteiger partial charge in [-0.3, -0.25) is 9.89 Å². The Morgan fingerprint density at radius 2 is 1.55 bits per heavy atom. The van der Waals surface area contributed by atoms with Crippen LogP contribution in [0.3, 0.4) is 0 Å². The Balaban J connectivity index is 1.52. The van der Waals surface area contributed by atoms with Gasteiger partial charge in [0.05, 0.1) is 11.3 Å². The van der Waals surface area contributed by atoms with Crippen molar-refractivity contribution in [2.45, 2.75) is 31.2 Å². The zero-order chi connectivity index (χ0) is 27.3. The Morgan fingerprint density at radius 1 is 0.921 bits per heavy atom. The number of carbonyl (C=O) groups is 2. The lowest BCUT2D eigenvalue weighted by molar-refractivity contribution is -0.147. The van der Waals surface area contributed by atoms with Crippen LogP contribution < -0.4 is 5.32 Å². The number of halogens is 3. The molecule has 0 radical (unpaired) electrons. The monoisotopic (exact) mass is 523 g/mol. The van der Waals surface area contributed by atoms with E-state index in [4.69, 9.17) is 5.11 Å². The number of aliphatic hydroxyl groups excluding tert-OH is 1. The van der Waals surface area contributed by atoms with Gasteiger partial charge in [0, 0.05) is 18.0 Å². The minimum Gasteiger partial charge on any atom is -0.479 e. The third kappa shape index (κ3) is 6.46. The summed E-state index contributed by atoms with van der Waals surface area (Å²) in [6, 6.07) is 22.5. The lowest BCUT2D eigenvalue weighted by Crippen LogP contribution is -2.40. The van der Waals surface area contributed by atoms with E-state index < -0.39 is 35.8 Å². The molecule has 0 fully saturated rings. The van der Waals surface area contributed by atoms with Gasteiger partial charge in [-0.05, 0) is 35.2 Å². The van der Waals surface area contributed by atoms with Crippen molar-refractivity contribution in [3.8, 4) is 22.4 Å². The lowest BCUT2D eigenvalue weighted by atomic mass is 9.97. The van der Waals surface area contributed by atoms with Crippen molar-refractivity contribution >= 4 is 11.9 Å². The van der Waals surface area contributed by atoms with Crippen LogP contribution in [0.2, 0.25) is 0 Å². The first-order valence-corrected chi connectivity index (χ1v) is 11.7. The van der Waals surface area contributed by atoms with Gasteiger partial charge in [-0.15, -0.1) is 0 Å². The maximum atomic E-state index is 13.4. The molecular weight excluding hydrogens is 499 g/mol. The zero-order valence-electron chi connectivity index (χ0n) is 19.9. The predicted molar refractivity (Wildman–Crippen MR) is 134 cm³/mol. The number of rotatable bonds is 9. The molecule has 1 heterocycles. The Labute approximate surface area is 216 Å². The number of alkyl halides is 3. The number of nitrogens with one attached hydrogen (secondary N) is 2. The van der Waals surface area contributed by atoms with Crippen LogP contribution in [-0.2, 0) is 17.4 Å². The zero-order valence-corrected chi connectivity index (χ0v) is 19.9. The normalized spacial score (nSPS) is 13.1. The molecule has 38 heavy (non-hydrogen) atoms. The summed E-state index contributed by atoms with van der Waals surface area (Å²) in [6.07, 6.45) is -6.39. The van der Waals surface area contributed by atoms with Gasteiger partial charge >= 0.3 is 12.1 Å². The molecule has 2 atom stereocenters. The van der Waals surface area contributed by atoms with Crippen LogP contribution in [0.15, 0.2) is 84.9 Å². The molecule has 3 aromatic carbocycles. The van der Waals surface area contributed by atoms with E-state index in [1.54, 1.807) is 0 Å². The fourth-order valence-corrected chi connectivity index (χ4v) is 4.10. The highest BCUT2D eigenvalue weighted by Crippen LogP contribution is 2.36. The second kappa shape index (κ2) is 11.3. The topological polar surface area (TPSA) is 115 Å². The minimum atomic E-state index is -4.61. The predicted octanol–water partition coefficient (Wildman–Crippen LogP) is 4.94. The maximum absolute atomic E-state index is 13.4. The van der Waals surface area contributed by atoms with Crippen LogP contribution in [-0.4, -0.2) is 44.4 Å². The van der Waals surface area contributed by atoms with Crippen LogP contribution in [0, 0.1) is 0 Å². The summed E-state index contributed by atoms with van der Waals surface area (Å²) in [5.41, 5.74) is 1.54. The van der Waals surface area contributed by atoms with Crippen LogP contribution in [0.5, 0.6) is 0 Å². The van der Waals surface area contributed by atoms with Crippen molar-refractivity contribution in [3.63, 3.8) is 0 Å². The number of aliphatic hydroxyl groups is 1. The molecule has 1 aromatic heterocycles. The molecule has 0 aliphatic carbocycles. The minimum absolute atomic E-state index is 0.0679. The number of carboxylic acid groups (broad SMARTS) is 1. The van der Waals surface area contributed by atoms with Gasteiger partial charge in [0.15, 0.2) is 6.10 Å². The number of benzene rings is 3. The number of amides is 1. The number of hydrogen-bond donors (Lipinski definition) is 4. The quantitative estimate of drug-likeness (QED) is 0.248. The van der Waals surface area contributed by atoms with Crippen molar-refractivity contribution in [2.75, 3.05) is 0 Å². The van der Waals surface area contributed by atoms with Gasteiger partial charge in [0.25, 0.3) is 5.91 Å². The molecular formula is C28H24F3N3O4. The van der Waals surface area contributed by atoms with Crippen LogP contribution >= 0.6 is 0 Å². The summed E-state index contributed by atoms with van der Waals surface area (Å²) in [4.78, 5) is 24.2. The molecule has 4 N–H and O–H groups in total. The van der Waals surface area contributed by atoms with E-state index in [1.807, 2.05) is 54.6 Å². The fraction of sp³-hybridized carbons (Fsp3) is 0.179. The molecule has 1 amide bonds. The summed E-state index contributed by atoms with van der Waals surface area (Å²) < 4.78 is 40.2. The molecule has 196 valence electrons. The van der Waals surface area contributed by atoms with Gasteiger partial charge in [-0.1, -0.05) is 72.8 Å². The third-order valence-corrected chi connectivity index (χ3v) is 6.00. The molecule has 10 heteroatoms. The summed E-state index contributed by atoms with van der Waals surface area (Å²) in [5.74, 6) is -2.13. The third-order valence-electron chi connectivity index (χ3n) is 6.00. The molecule has 0 aliphatic heterocycles. The fourth-order valence-electron chi connectivity index (χ4n) is 4.10. The Hall–Kier alpha value is -4.44. The SMILES string of the molecule is O=C(NC(Cc1ccc(-c2ccccc2)cc1)CC(O)C(=O)O)c1cc(-c2ccccc2C(F)(F)F)n[nH]1. The van der Waals surface area contributed by atoms with Crippen LogP contribution in [0.25, 0.3) is 22.4 Å². The van der Waals surface area contributed by atoms with E-state index in [2.05, 4.69) is 15.5 Å².